The Morgan fingerprint density at radius 3 is 2.76 bits per heavy atom. The van der Waals surface area contributed by atoms with Gasteiger partial charge >= 0.3 is 5.97 Å². The van der Waals surface area contributed by atoms with Crippen molar-refractivity contribution >= 4 is 17.6 Å². The summed E-state index contributed by atoms with van der Waals surface area (Å²) in [5, 5.41) is 4.57. The van der Waals surface area contributed by atoms with E-state index in [2.05, 4.69) is 10.1 Å². The van der Waals surface area contributed by atoms with E-state index in [4.69, 9.17) is 20.9 Å². The SMILES string of the molecule is CCOC(=O)C(c1ccc(Cl)cc1)c1nc(C2CC2)no1. The van der Waals surface area contributed by atoms with Gasteiger partial charge in [-0.05, 0) is 37.5 Å². The zero-order chi connectivity index (χ0) is 14.8. The van der Waals surface area contributed by atoms with Gasteiger partial charge in [-0.2, -0.15) is 4.98 Å². The predicted octanol–water partition coefficient (Wildman–Crippen LogP) is 3.30. The monoisotopic (exact) mass is 306 g/mol. The minimum Gasteiger partial charge on any atom is -0.465 e. The molecule has 1 unspecified atom stereocenters. The maximum Gasteiger partial charge on any atom is 0.323 e. The van der Waals surface area contributed by atoms with Crippen LogP contribution in [0.1, 0.15) is 48.9 Å². The molecule has 0 bridgehead atoms. The highest BCUT2D eigenvalue weighted by atomic mass is 35.5. The Morgan fingerprint density at radius 2 is 2.14 bits per heavy atom. The Labute approximate surface area is 127 Å². The summed E-state index contributed by atoms with van der Waals surface area (Å²) in [6.45, 7) is 2.06. The van der Waals surface area contributed by atoms with Crippen LogP contribution in [-0.2, 0) is 9.53 Å². The first kappa shape index (κ1) is 14.1. The Bertz CT molecular complexity index is 635. The number of nitrogens with zero attached hydrogens (tertiary/aromatic N) is 2. The van der Waals surface area contributed by atoms with Crippen molar-refractivity contribution in [3.8, 4) is 0 Å². The van der Waals surface area contributed by atoms with Gasteiger partial charge in [-0.3, -0.25) is 4.79 Å². The molecule has 6 heteroatoms. The molecule has 1 aliphatic rings. The molecule has 0 radical (unpaired) electrons. The molecule has 1 saturated carbocycles. The summed E-state index contributed by atoms with van der Waals surface area (Å²) >= 11 is 5.89. The molecule has 110 valence electrons. The quantitative estimate of drug-likeness (QED) is 0.793. The average Bonchev–Trinajstić information content (AvgIpc) is 3.21. The third-order valence-corrected chi connectivity index (χ3v) is 3.62. The van der Waals surface area contributed by atoms with Gasteiger partial charge in [-0.15, -0.1) is 0 Å². The second-order valence-electron chi connectivity index (χ2n) is 5.00. The number of carbonyl (C=O) groups excluding carboxylic acids is 1. The topological polar surface area (TPSA) is 65.2 Å². The molecule has 0 aliphatic heterocycles. The first-order valence-corrected chi connectivity index (χ1v) is 7.32. The number of esters is 1. The van der Waals surface area contributed by atoms with E-state index in [1.807, 2.05) is 0 Å². The van der Waals surface area contributed by atoms with Crippen LogP contribution >= 0.6 is 11.6 Å². The fourth-order valence-electron chi connectivity index (χ4n) is 2.13. The van der Waals surface area contributed by atoms with Crippen molar-refractivity contribution in [1.82, 2.24) is 10.1 Å². The largest absolute Gasteiger partial charge is 0.465 e. The second-order valence-corrected chi connectivity index (χ2v) is 5.44. The van der Waals surface area contributed by atoms with Gasteiger partial charge in [0.15, 0.2) is 11.7 Å². The van der Waals surface area contributed by atoms with E-state index in [1.54, 1.807) is 31.2 Å². The lowest BCUT2D eigenvalue weighted by atomic mass is 9.99. The van der Waals surface area contributed by atoms with Gasteiger partial charge in [-0.1, -0.05) is 28.9 Å². The molecule has 0 saturated heterocycles. The summed E-state index contributed by atoms with van der Waals surface area (Å²) in [5.41, 5.74) is 0.726. The highest BCUT2D eigenvalue weighted by Gasteiger charge is 2.34. The van der Waals surface area contributed by atoms with Crippen LogP contribution in [0.2, 0.25) is 5.02 Å². The van der Waals surface area contributed by atoms with Crippen LogP contribution in [0.25, 0.3) is 0 Å². The lowest BCUT2D eigenvalue weighted by Gasteiger charge is -2.12. The molecule has 1 heterocycles. The first-order valence-electron chi connectivity index (χ1n) is 6.94. The van der Waals surface area contributed by atoms with Crippen molar-refractivity contribution in [3.63, 3.8) is 0 Å². The van der Waals surface area contributed by atoms with Gasteiger partial charge in [0.1, 0.15) is 0 Å². The number of hydrogen-bond acceptors (Lipinski definition) is 5. The Balaban J connectivity index is 1.93. The van der Waals surface area contributed by atoms with Gasteiger partial charge in [0.05, 0.1) is 6.61 Å². The lowest BCUT2D eigenvalue weighted by Crippen LogP contribution is -2.17. The standard InChI is InChI=1S/C15H15ClN2O3/c1-2-20-15(19)12(9-5-7-11(16)8-6-9)14-17-13(18-21-14)10-3-4-10/h5-8,10,12H,2-4H2,1H3. The van der Waals surface area contributed by atoms with Crippen LogP contribution in [0, 0.1) is 0 Å². The second kappa shape index (κ2) is 5.85. The molecule has 21 heavy (non-hydrogen) atoms. The van der Waals surface area contributed by atoms with Crippen LogP contribution in [0.5, 0.6) is 0 Å². The van der Waals surface area contributed by atoms with Crippen LogP contribution in [-0.4, -0.2) is 22.7 Å². The molecule has 3 rings (SSSR count). The maximum atomic E-state index is 12.2. The fourth-order valence-corrected chi connectivity index (χ4v) is 2.26. The normalized spacial score (nSPS) is 15.7. The van der Waals surface area contributed by atoms with Crippen molar-refractivity contribution in [2.75, 3.05) is 6.61 Å². The Kier molecular flexibility index (Phi) is 3.92. The molecule has 1 aliphatic carbocycles. The average molecular weight is 307 g/mol. The van der Waals surface area contributed by atoms with Crippen molar-refractivity contribution in [2.24, 2.45) is 0 Å². The Morgan fingerprint density at radius 1 is 1.43 bits per heavy atom. The number of benzene rings is 1. The molecule has 1 aromatic heterocycles. The number of aromatic nitrogens is 2. The number of ether oxygens (including phenoxy) is 1. The summed E-state index contributed by atoms with van der Waals surface area (Å²) in [6, 6.07) is 6.98. The molecule has 1 fully saturated rings. The summed E-state index contributed by atoms with van der Waals surface area (Å²) in [6.07, 6.45) is 2.15. The molecule has 5 nitrogen and oxygen atoms in total. The van der Waals surface area contributed by atoms with Gasteiger partial charge in [0.2, 0.25) is 5.89 Å². The number of halogens is 1. The number of carbonyl (C=O) groups is 1. The third-order valence-electron chi connectivity index (χ3n) is 3.37. The van der Waals surface area contributed by atoms with Gasteiger partial charge < -0.3 is 9.26 Å². The molecule has 0 N–H and O–H groups in total. The van der Waals surface area contributed by atoms with Crippen LogP contribution in [0.15, 0.2) is 28.8 Å². The molecule has 2 aromatic rings. The van der Waals surface area contributed by atoms with Gasteiger partial charge in [-0.25, -0.2) is 0 Å². The molecule has 1 aromatic carbocycles. The van der Waals surface area contributed by atoms with Crippen molar-refractivity contribution in [3.05, 3.63) is 46.6 Å². The summed E-state index contributed by atoms with van der Waals surface area (Å²) in [7, 11) is 0. The summed E-state index contributed by atoms with van der Waals surface area (Å²) in [5.74, 6) is 0.217. The molecule has 0 amide bonds. The van der Waals surface area contributed by atoms with E-state index < -0.39 is 11.9 Å². The highest BCUT2D eigenvalue weighted by molar-refractivity contribution is 6.30. The van der Waals surface area contributed by atoms with Crippen molar-refractivity contribution in [1.29, 1.82) is 0 Å². The third kappa shape index (κ3) is 3.08. The number of rotatable bonds is 5. The van der Waals surface area contributed by atoms with Crippen LogP contribution in [0.3, 0.4) is 0 Å². The van der Waals surface area contributed by atoms with Crippen molar-refractivity contribution < 1.29 is 14.1 Å². The van der Waals surface area contributed by atoms with E-state index in [1.165, 1.54) is 0 Å². The first-order chi connectivity index (χ1) is 10.2. The minimum absolute atomic E-state index is 0.276. The molecular weight excluding hydrogens is 292 g/mol. The molecule has 0 spiro atoms. The summed E-state index contributed by atoms with van der Waals surface area (Å²) in [4.78, 5) is 16.6. The van der Waals surface area contributed by atoms with E-state index >= 15 is 0 Å². The Hall–Kier alpha value is -1.88. The van der Waals surface area contributed by atoms with Crippen LogP contribution < -0.4 is 0 Å². The van der Waals surface area contributed by atoms with Gasteiger partial charge in [0, 0.05) is 10.9 Å². The van der Waals surface area contributed by atoms with E-state index in [9.17, 15) is 4.79 Å². The van der Waals surface area contributed by atoms with E-state index in [-0.39, 0.29) is 5.89 Å². The number of hydrogen-bond donors (Lipinski definition) is 0. The smallest absolute Gasteiger partial charge is 0.323 e. The van der Waals surface area contributed by atoms with Crippen LogP contribution in [0.4, 0.5) is 0 Å². The van der Waals surface area contributed by atoms with Gasteiger partial charge in [0.25, 0.3) is 0 Å². The van der Waals surface area contributed by atoms with E-state index in [0.717, 1.165) is 18.4 Å². The van der Waals surface area contributed by atoms with Crippen molar-refractivity contribution in [2.45, 2.75) is 31.6 Å². The summed E-state index contributed by atoms with van der Waals surface area (Å²) < 4.78 is 10.4. The maximum absolute atomic E-state index is 12.2. The highest BCUT2D eigenvalue weighted by Crippen LogP contribution is 2.39. The molecular formula is C15H15ClN2O3. The van der Waals surface area contributed by atoms with E-state index in [0.29, 0.717) is 23.4 Å². The predicted molar refractivity (Wildman–Crippen MR) is 76.2 cm³/mol. The molecule has 1 atom stereocenters. The minimum atomic E-state index is -0.706. The lowest BCUT2D eigenvalue weighted by molar-refractivity contribution is -0.144. The fraction of sp³-hybridized carbons (Fsp3) is 0.400. The zero-order valence-corrected chi connectivity index (χ0v) is 12.3. The zero-order valence-electron chi connectivity index (χ0n) is 11.6.